The van der Waals surface area contributed by atoms with Gasteiger partial charge in [0.05, 0.1) is 23.8 Å². The van der Waals surface area contributed by atoms with Gasteiger partial charge in [-0.05, 0) is 36.5 Å². The first-order valence-corrected chi connectivity index (χ1v) is 7.25. The zero-order valence-corrected chi connectivity index (χ0v) is 11.9. The SMILES string of the molecule is CCC1OCCC1CNCC(O)c1ccc(C#N)cc1. The Labute approximate surface area is 120 Å². The lowest BCUT2D eigenvalue weighted by atomic mass is 9.99. The van der Waals surface area contributed by atoms with Gasteiger partial charge in [0.15, 0.2) is 0 Å². The number of aliphatic hydroxyl groups is 1. The predicted octanol–water partition coefficient (Wildman–Crippen LogP) is 2.00. The summed E-state index contributed by atoms with van der Waals surface area (Å²) in [5.74, 6) is 0.549. The monoisotopic (exact) mass is 274 g/mol. The number of ether oxygens (including phenoxy) is 1. The zero-order valence-electron chi connectivity index (χ0n) is 11.9. The van der Waals surface area contributed by atoms with Crippen LogP contribution in [0, 0.1) is 17.2 Å². The van der Waals surface area contributed by atoms with Crippen molar-refractivity contribution in [1.29, 1.82) is 5.26 Å². The van der Waals surface area contributed by atoms with Crippen molar-refractivity contribution in [2.45, 2.75) is 32.0 Å². The molecule has 3 unspecified atom stereocenters. The Balaban J connectivity index is 1.77. The molecule has 1 aliphatic rings. The Morgan fingerprint density at radius 1 is 1.45 bits per heavy atom. The van der Waals surface area contributed by atoms with E-state index in [4.69, 9.17) is 10.00 Å². The van der Waals surface area contributed by atoms with E-state index in [0.29, 0.717) is 24.1 Å². The number of nitriles is 1. The first-order valence-electron chi connectivity index (χ1n) is 7.25. The average Bonchev–Trinajstić information content (AvgIpc) is 2.94. The zero-order chi connectivity index (χ0) is 14.4. The van der Waals surface area contributed by atoms with Crippen LogP contribution in [0.25, 0.3) is 0 Å². The van der Waals surface area contributed by atoms with Crippen LogP contribution < -0.4 is 5.32 Å². The molecule has 1 aromatic carbocycles. The molecular weight excluding hydrogens is 252 g/mol. The third-order valence-electron chi connectivity index (χ3n) is 3.92. The van der Waals surface area contributed by atoms with Gasteiger partial charge in [0.25, 0.3) is 0 Å². The van der Waals surface area contributed by atoms with E-state index < -0.39 is 6.10 Å². The van der Waals surface area contributed by atoms with Crippen molar-refractivity contribution in [1.82, 2.24) is 5.32 Å². The molecule has 3 atom stereocenters. The molecule has 0 radical (unpaired) electrons. The standard InChI is InChI=1S/C16H22N2O2/c1-2-16-14(7-8-20-16)10-18-11-15(19)13-5-3-12(9-17)4-6-13/h3-6,14-16,18-19H,2,7-8,10-11H2,1H3. The Kier molecular flexibility index (Phi) is 5.54. The highest BCUT2D eigenvalue weighted by Crippen LogP contribution is 2.22. The third-order valence-corrected chi connectivity index (χ3v) is 3.92. The second-order valence-electron chi connectivity index (χ2n) is 5.27. The van der Waals surface area contributed by atoms with Crippen LogP contribution in [0.4, 0.5) is 0 Å². The number of rotatable bonds is 6. The Hall–Kier alpha value is -1.41. The average molecular weight is 274 g/mol. The van der Waals surface area contributed by atoms with Crippen LogP contribution in [0.3, 0.4) is 0 Å². The second-order valence-corrected chi connectivity index (χ2v) is 5.27. The molecule has 4 nitrogen and oxygen atoms in total. The van der Waals surface area contributed by atoms with E-state index in [1.165, 1.54) is 0 Å². The molecule has 108 valence electrons. The van der Waals surface area contributed by atoms with Gasteiger partial charge in [-0.15, -0.1) is 0 Å². The summed E-state index contributed by atoms with van der Waals surface area (Å²) in [4.78, 5) is 0. The van der Waals surface area contributed by atoms with Gasteiger partial charge >= 0.3 is 0 Å². The molecule has 2 rings (SSSR count). The van der Waals surface area contributed by atoms with Gasteiger partial charge in [0.1, 0.15) is 0 Å². The van der Waals surface area contributed by atoms with Crippen molar-refractivity contribution in [2.24, 2.45) is 5.92 Å². The van der Waals surface area contributed by atoms with Crippen LogP contribution in [0.15, 0.2) is 24.3 Å². The number of nitrogens with one attached hydrogen (secondary N) is 1. The number of nitrogens with zero attached hydrogens (tertiary/aromatic N) is 1. The first kappa shape index (κ1) is 15.0. The van der Waals surface area contributed by atoms with Crippen molar-refractivity contribution >= 4 is 0 Å². The molecule has 1 fully saturated rings. The van der Waals surface area contributed by atoms with Crippen molar-refractivity contribution in [3.8, 4) is 6.07 Å². The Morgan fingerprint density at radius 2 is 2.20 bits per heavy atom. The lowest BCUT2D eigenvalue weighted by molar-refractivity contribution is 0.0858. The molecule has 0 bridgehead atoms. The van der Waals surface area contributed by atoms with E-state index in [9.17, 15) is 5.11 Å². The maximum absolute atomic E-state index is 10.1. The molecular formula is C16H22N2O2. The van der Waals surface area contributed by atoms with E-state index in [0.717, 1.165) is 31.6 Å². The fourth-order valence-corrected chi connectivity index (χ4v) is 2.68. The second kappa shape index (κ2) is 7.39. The highest BCUT2D eigenvalue weighted by Gasteiger charge is 2.26. The van der Waals surface area contributed by atoms with Crippen molar-refractivity contribution in [3.63, 3.8) is 0 Å². The van der Waals surface area contributed by atoms with Crippen LogP contribution in [0.5, 0.6) is 0 Å². The topological polar surface area (TPSA) is 65.3 Å². The molecule has 4 heteroatoms. The quantitative estimate of drug-likeness (QED) is 0.832. The lowest BCUT2D eigenvalue weighted by Gasteiger charge is -2.19. The third kappa shape index (κ3) is 3.80. The smallest absolute Gasteiger partial charge is 0.0991 e. The Bertz CT molecular complexity index is 453. The number of hydrogen-bond acceptors (Lipinski definition) is 4. The summed E-state index contributed by atoms with van der Waals surface area (Å²) in [6.45, 7) is 4.41. The Morgan fingerprint density at radius 3 is 2.85 bits per heavy atom. The fraction of sp³-hybridized carbons (Fsp3) is 0.562. The van der Waals surface area contributed by atoms with Crippen LogP contribution >= 0.6 is 0 Å². The number of benzene rings is 1. The van der Waals surface area contributed by atoms with Crippen molar-refractivity contribution < 1.29 is 9.84 Å². The molecule has 0 aromatic heterocycles. The van der Waals surface area contributed by atoms with Crippen molar-refractivity contribution in [3.05, 3.63) is 35.4 Å². The van der Waals surface area contributed by atoms with Gasteiger partial charge in [-0.25, -0.2) is 0 Å². The summed E-state index contributed by atoms with van der Waals surface area (Å²) in [5, 5.41) is 22.2. The summed E-state index contributed by atoms with van der Waals surface area (Å²) >= 11 is 0. The van der Waals surface area contributed by atoms with Gasteiger partial charge in [-0.2, -0.15) is 5.26 Å². The van der Waals surface area contributed by atoms with Crippen LogP contribution in [-0.2, 0) is 4.74 Å². The summed E-state index contributed by atoms with van der Waals surface area (Å²) in [6.07, 6.45) is 1.96. The molecule has 0 aliphatic carbocycles. The largest absolute Gasteiger partial charge is 0.387 e. The minimum Gasteiger partial charge on any atom is -0.387 e. The number of aliphatic hydroxyl groups excluding tert-OH is 1. The molecule has 1 heterocycles. The fourth-order valence-electron chi connectivity index (χ4n) is 2.68. The van der Waals surface area contributed by atoms with Gasteiger partial charge in [0, 0.05) is 19.7 Å². The van der Waals surface area contributed by atoms with Crippen molar-refractivity contribution in [2.75, 3.05) is 19.7 Å². The predicted molar refractivity (Wildman–Crippen MR) is 77.1 cm³/mol. The molecule has 0 saturated carbocycles. The minimum absolute atomic E-state index is 0.356. The van der Waals surface area contributed by atoms with Gasteiger partial charge < -0.3 is 15.2 Å². The summed E-state index contributed by atoms with van der Waals surface area (Å²) < 4.78 is 5.65. The first-order chi connectivity index (χ1) is 9.74. The van der Waals surface area contributed by atoms with Crippen LogP contribution in [0.1, 0.15) is 37.0 Å². The van der Waals surface area contributed by atoms with Crippen LogP contribution in [0.2, 0.25) is 0 Å². The molecule has 0 amide bonds. The maximum Gasteiger partial charge on any atom is 0.0991 e. The normalized spacial score (nSPS) is 23.4. The van der Waals surface area contributed by atoms with Gasteiger partial charge in [-0.3, -0.25) is 0 Å². The lowest BCUT2D eigenvalue weighted by Crippen LogP contribution is -2.31. The summed E-state index contributed by atoms with van der Waals surface area (Å²) in [6, 6.07) is 9.15. The highest BCUT2D eigenvalue weighted by atomic mass is 16.5. The van der Waals surface area contributed by atoms with Gasteiger partial charge in [-0.1, -0.05) is 19.1 Å². The van der Waals surface area contributed by atoms with E-state index in [1.54, 1.807) is 24.3 Å². The maximum atomic E-state index is 10.1. The van der Waals surface area contributed by atoms with E-state index in [2.05, 4.69) is 18.3 Å². The summed E-state index contributed by atoms with van der Waals surface area (Å²) in [7, 11) is 0. The molecule has 20 heavy (non-hydrogen) atoms. The van der Waals surface area contributed by atoms with E-state index >= 15 is 0 Å². The van der Waals surface area contributed by atoms with Gasteiger partial charge in [0.2, 0.25) is 0 Å². The molecule has 1 aromatic rings. The number of hydrogen-bond donors (Lipinski definition) is 2. The van der Waals surface area contributed by atoms with E-state index in [-0.39, 0.29) is 0 Å². The van der Waals surface area contributed by atoms with E-state index in [1.807, 2.05) is 0 Å². The van der Waals surface area contributed by atoms with Crippen LogP contribution in [-0.4, -0.2) is 30.9 Å². The molecule has 0 spiro atoms. The minimum atomic E-state index is -0.537. The molecule has 1 saturated heterocycles. The molecule has 2 N–H and O–H groups in total. The highest BCUT2D eigenvalue weighted by molar-refractivity contribution is 5.32. The summed E-state index contributed by atoms with van der Waals surface area (Å²) in [5.41, 5.74) is 1.45. The molecule has 1 aliphatic heterocycles.